The fraction of sp³-hybridized carbons (Fsp3) is 0.500. The van der Waals surface area contributed by atoms with Crippen molar-refractivity contribution in [3.63, 3.8) is 0 Å². The Hall–Kier alpha value is -0.460. The second-order valence-electron chi connectivity index (χ2n) is 4.43. The van der Waals surface area contributed by atoms with E-state index >= 15 is 0 Å². The molecule has 106 valence electrons. The van der Waals surface area contributed by atoms with Gasteiger partial charge in [0.1, 0.15) is 9.84 Å². The lowest BCUT2D eigenvalue weighted by molar-refractivity contribution is 0.297. The van der Waals surface area contributed by atoms with E-state index in [9.17, 15) is 8.42 Å². The molecule has 1 atom stereocenters. The maximum absolute atomic E-state index is 11.3. The Kier molecular flexibility index (Phi) is 4.63. The van der Waals surface area contributed by atoms with Gasteiger partial charge >= 0.3 is 0 Å². The molecular weight excluding hydrogens is 356 g/mol. The highest BCUT2D eigenvalue weighted by Gasteiger charge is 2.21. The Bertz CT molecular complexity index is 573. The number of hydrogen-bond acceptors (Lipinski definition) is 4. The highest BCUT2D eigenvalue weighted by molar-refractivity contribution is 9.09. The van der Waals surface area contributed by atoms with Gasteiger partial charge in [-0.1, -0.05) is 27.5 Å². The summed E-state index contributed by atoms with van der Waals surface area (Å²) in [5.74, 6) is 1.19. The van der Waals surface area contributed by atoms with E-state index in [4.69, 9.17) is 21.1 Å². The van der Waals surface area contributed by atoms with Crippen molar-refractivity contribution in [1.29, 1.82) is 0 Å². The molecule has 0 radical (unpaired) electrons. The fourth-order valence-corrected chi connectivity index (χ4v) is 4.74. The minimum absolute atomic E-state index is 0.0215. The molecule has 0 saturated heterocycles. The third kappa shape index (κ3) is 4.00. The van der Waals surface area contributed by atoms with E-state index in [1.54, 1.807) is 12.1 Å². The molecule has 19 heavy (non-hydrogen) atoms. The van der Waals surface area contributed by atoms with Crippen LogP contribution in [0.5, 0.6) is 11.5 Å². The number of benzene rings is 1. The van der Waals surface area contributed by atoms with Crippen LogP contribution in [0.4, 0.5) is 0 Å². The van der Waals surface area contributed by atoms with Gasteiger partial charge in [0.05, 0.1) is 23.8 Å². The van der Waals surface area contributed by atoms with Crippen molar-refractivity contribution in [3.8, 4) is 11.5 Å². The molecule has 0 spiro atoms. The summed E-state index contributed by atoms with van der Waals surface area (Å²) in [5.41, 5.74) is 0.691. The molecule has 1 aliphatic heterocycles. The van der Waals surface area contributed by atoms with E-state index in [1.165, 1.54) is 6.26 Å². The van der Waals surface area contributed by atoms with Gasteiger partial charge in [-0.15, -0.1) is 0 Å². The van der Waals surface area contributed by atoms with Gasteiger partial charge in [-0.05, 0) is 11.6 Å². The van der Waals surface area contributed by atoms with Crippen molar-refractivity contribution in [1.82, 2.24) is 0 Å². The summed E-state index contributed by atoms with van der Waals surface area (Å²) in [6, 6.07) is 3.42. The molecule has 1 aliphatic rings. The Morgan fingerprint density at radius 3 is 2.47 bits per heavy atom. The van der Waals surface area contributed by atoms with E-state index < -0.39 is 9.84 Å². The Morgan fingerprint density at radius 2 is 1.89 bits per heavy atom. The molecule has 7 heteroatoms. The predicted octanol–water partition coefficient (Wildman–Crippen LogP) is 2.98. The average molecular weight is 370 g/mol. The number of halogens is 2. The predicted molar refractivity (Wildman–Crippen MR) is 78.4 cm³/mol. The molecule has 1 aromatic carbocycles. The highest BCUT2D eigenvalue weighted by Crippen LogP contribution is 2.40. The van der Waals surface area contributed by atoms with E-state index in [-0.39, 0.29) is 10.6 Å². The zero-order chi connectivity index (χ0) is 14.0. The van der Waals surface area contributed by atoms with Crippen LogP contribution in [-0.2, 0) is 9.84 Å². The maximum atomic E-state index is 11.3. The van der Waals surface area contributed by atoms with E-state index in [1.807, 2.05) is 0 Å². The van der Waals surface area contributed by atoms with Gasteiger partial charge in [-0.3, -0.25) is 0 Å². The Morgan fingerprint density at radius 1 is 1.32 bits per heavy atom. The lowest BCUT2D eigenvalue weighted by Gasteiger charge is -2.15. The molecule has 0 aromatic heterocycles. The van der Waals surface area contributed by atoms with Crippen LogP contribution in [0.15, 0.2) is 12.1 Å². The quantitative estimate of drug-likeness (QED) is 0.769. The van der Waals surface area contributed by atoms with Gasteiger partial charge in [0.25, 0.3) is 0 Å². The molecular formula is C12H14BrClO4S. The molecule has 0 N–H and O–H groups in total. The van der Waals surface area contributed by atoms with Gasteiger partial charge in [0.2, 0.25) is 0 Å². The zero-order valence-corrected chi connectivity index (χ0v) is 13.5. The second-order valence-corrected chi connectivity index (χ2v) is 8.13. The molecule has 1 aromatic rings. The number of fused-ring (bicyclic) bond motifs is 1. The summed E-state index contributed by atoms with van der Waals surface area (Å²) >= 11 is 9.54. The number of ether oxygens (including phenoxy) is 2. The first kappa shape index (κ1) is 14.9. The molecule has 4 nitrogen and oxygen atoms in total. The first-order chi connectivity index (χ1) is 8.87. The normalized spacial score (nSPS) is 16.8. The summed E-state index contributed by atoms with van der Waals surface area (Å²) in [6.45, 7) is 1.16. The smallest absolute Gasteiger partial charge is 0.162 e. The molecule has 2 rings (SSSR count). The summed E-state index contributed by atoms with van der Waals surface area (Å²) in [4.78, 5) is -0.368. The number of alkyl halides is 1. The number of sulfone groups is 1. The van der Waals surface area contributed by atoms with Crippen LogP contribution in [0.2, 0.25) is 5.02 Å². The zero-order valence-electron chi connectivity index (χ0n) is 10.4. The minimum atomic E-state index is -3.09. The fourth-order valence-electron chi connectivity index (χ4n) is 1.80. The van der Waals surface area contributed by atoms with Gasteiger partial charge in [-0.25, -0.2) is 8.42 Å². The van der Waals surface area contributed by atoms with Gasteiger partial charge in [-0.2, -0.15) is 0 Å². The minimum Gasteiger partial charge on any atom is -0.490 e. The molecule has 0 fully saturated rings. The van der Waals surface area contributed by atoms with Crippen molar-refractivity contribution in [2.45, 2.75) is 11.2 Å². The Labute approximate surface area is 126 Å². The second kappa shape index (κ2) is 5.89. The van der Waals surface area contributed by atoms with Crippen molar-refractivity contribution in [3.05, 3.63) is 22.7 Å². The number of hydrogen-bond donors (Lipinski definition) is 0. The largest absolute Gasteiger partial charge is 0.490 e. The molecule has 0 amide bonds. The number of rotatable bonds is 3. The Balaban J connectivity index is 2.33. The summed E-state index contributed by atoms with van der Waals surface area (Å²) in [6.07, 6.45) is 2.00. The van der Waals surface area contributed by atoms with Crippen molar-refractivity contribution in [2.24, 2.45) is 0 Å². The third-order valence-corrected chi connectivity index (χ3v) is 5.17. The van der Waals surface area contributed by atoms with Crippen molar-refractivity contribution >= 4 is 37.4 Å². The van der Waals surface area contributed by atoms with Gasteiger partial charge in [0.15, 0.2) is 11.5 Å². The summed E-state index contributed by atoms with van der Waals surface area (Å²) in [5, 5.41) is 0.467. The molecule has 0 bridgehead atoms. The van der Waals surface area contributed by atoms with Crippen LogP contribution in [0.1, 0.15) is 16.8 Å². The van der Waals surface area contributed by atoms with Crippen LogP contribution in [0, 0.1) is 0 Å². The lowest BCUT2D eigenvalue weighted by Crippen LogP contribution is -2.09. The van der Waals surface area contributed by atoms with Gasteiger partial charge in [0, 0.05) is 23.8 Å². The van der Waals surface area contributed by atoms with Crippen LogP contribution >= 0.6 is 27.5 Å². The van der Waals surface area contributed by atoms with Crippen LogP contribution in [0.3, 0.4) is 0 Å². The molecule has 1 heterocycles. The first-order valence-electron chi connectivity index (χ1n) is 5.77. The lowest BCUT2D eigenvalue weighted by atomic mass is 10.1. The molecule has 1 unspecified atom stereocenters. The van der Waals surface area contributed by atoms with E-state index in [0.29, 0.717) is 35.3 Å². The maximum Gasteiger partial charge on any atom is 0.162 e. The monoisotopic (exact) mass is 368 g/mol. The highest BCUT2D eigenvalue weighted by atomic mass is 79.9. The molecule has 0 saturated carbocycles. The standard InChI is InChI=1S/C12H14BrClO4S/c1-19(15,16)7-9(13)8-5-11-12(6-10(8)14)18-4-2-3-17-11/h5-6,9H,2-4,7H2,1H3. The van der Waals surface area contributed by atoms with Gasteiger partial charge < -0.3 is 9.47 Å². The SMILES string of the molecule is CS(=O)(=O)CC(Br)c1cc2c(cc1Cl)OCCCO2. The first-order valence-corrected chi connectivity index (χ1v) is 9.13. The average Bonchev–Trinajstić information content (AvgIpc) is 2.50. The van der Waals surface area contributed by atoms with E-state index in [2.05, 4.69) is 15.9 Å². The molecule has 0 aliphatic carbocycles. The van der Waals surface area contributed by atoms with Crippen LogP contribution < -0.4 is 9.47 Å². The van der Waals surface area contributed by atoms with Crippen LogP contribution in [0.25, 0.3) is 0 Å². The summed E-state index contributed by atoms with van der Waals surface area (Å²) < 4.78 is 33.8. The van der Waals surface area contributed by atoms with Crippen LogP contribution in [-0.4, -0.2) is 33.6 Å². The topological polar surface area (TPSA) is 52.6 Å². The third-order valence-electron chi connectivity index (χ3n) is 2.65. The van der Waals surface area contributed by atoms with E-state index in [0.717, 1.165) is 6.42 Å². The summed E-state index contributed by atoms with van der Waals surface area (Å²) in [7, 11) is -3.09. The van der Waals surface area contributed by atoms with Crippen molar-refractivity contribution < 1.29 is 17.9 Å². The van der Waals surface area contributed by atoms with Crippen molar-refractivity contribution in [2.75, 3.05) is 25.2 Å².